The third kappa shape index (κ3) is 1.77. The zero-order valence-corrected chi connectivity index (χ0v) is 8.81. The monoisotopic (exact) mass is 221 g/mol. The molecule has 0 unspecified atom stereocenters. The van der Waals surface area contributed by atoms with E-state index in [-0.39, 0.29) is 0 Å². The van der Waals surface area contributed by atoms with Crippen molar-refractivity contribution in [3.8, 4) is 11.1 Å². The number of hydrogen-bond acceptors (Lipinski definition) is 0. The summed E-state index contributed by atoms with van der Waals surface area (Å²) in [6.45, 7) is 0. The van der Waals surface area contributed by atoms with Gasteiger partial charge in [-0.05, 0) is 24.3 Å². The van der Waals surface area contributed by atoms with E-state index in [2.05, 4.69) is 6.07 Å². The predicted octanol–water partition coefficient (Wildman–Crippen LogP) is 4.46. The van der Waals surface area contributed by atoms with Crippen LogP contribution in [0, 0.1) is 6.07 Å². The Morgan fingerprint density at radius 2 is 1.57 bits per heavy atom. The second-order valence-electron chi connectivity index (χ2n) is 2.89. The van der Waals surface area contributed by atoms with Gasteiger partial charge in [0.15, 0.2) is 0 Å². The smallest absolute Gasteiger partial charge is 0.0485 e. The van der Waals surface area contributed by atoms with Gasteiger partial charge in [-0.3, -0.25) is 0 Å². The number of rotatable bonds is 1. The Balaban J connectivity index is 2.61. The largest absolute Gasteiger partial charge is 0.0837 e. The van der Waals surface area contributed by atoms with Crippen molar-refractivity contribution in [3.05, 3.63) is 58.6 Å². The van der Waals surface area contributed by atoms with E-state index >= 15 is 0 Å². The average Bonchev–Trinajstić information content (AvgIpc) is 2.20. The Morgan fingerprint density at radius 1 is 0.857 bits per heavy atom. The van der Waals surface area contributed by atoms with Crippen LogP contribution in [-0.2, 0) is 0 Å². The van der Waals surface area contributed by atoms with E-state index < -0.39 is 0 Å². The molecule has 0 aromatic heterocycles. The molecule has 0 fully saturated rings. The Labute approximate surface area is 93.1 Å². The lowest BCUT2D eigenvalue weighted by Crippen LogP contribution is -1.80. The Kier molecular flexibility index (Phi) is 2.76. The summed E-state index contributed by atoms with van der Waals surface area (Å²) >= 11 is 12.1. The summed E-state index contributed by atoms with van der Waals surface area (Å²) < 4.78 is 0. The minimum absolute atomic E-state index is 0.692. The molecular formula is C12H7Cl2. The molecule has 0 aliphatic carbocycles. The van der Waals surface area contributed by atoms with Crippen LogP contribution >= 0.6 is 23.2 Å². The van der Waals surface area contributed by atoms with Gasteiger partial charge < -0.3 is 0 Å². The maximum absolute atomic E-state index is 6.06. The summed E-state index contributed by atoms with van der Waals surface area (Å²) in [5.41, 5.74) is 1.86. The fourth-order valence-corrected chi connectivity index (χ4v) is 1.75. The van der Waals surface area contributed by atoms with Crippen molar-refractivity contribution in [2.24, 2.45) is 0 Å². The minimum Gasteiger partial charge on any atom is -0.0837 e. The summed E-state index contributed by atoms with van der Waals surface area (Å²) in [6, 6.07) is 16.0. The summed E-state index contributed by atoms with van der Waals surface area (Å²) in [7, 11) is 0. The molecule has 2 heteroatoms. The van der Waals surface area contributed by atoms with Gasteiger partial charge in [-0.15, -0.1) is 0 Å². The topological polar surface area (TPSA) is 0 Å². The van der Waals surface area contributed by atoms with Gasteiger partial charge in [0.05, 0.1) is 0 Å². The molecule has 0 saturated heterocycles. The first kappa shape index (κ1) is 9.57. The molecule has 0 aliphatic heterocycles. The molecule has 0 amide bonds. The van der Waals surface area contributed by atoms with Gasteiger partial charge in [0, 0.05) is 21.2 Å². The Hall–Kier alpha value is -0.980. The van der Waals surface area contributed by atoms with Crippen LogP contribution in [0.1, 0.15) is 0 Å². The highest BCUT2D eigenvalue weighted by Gasteiger charge is 2.05. The van der Waals surface area contributed by atoms with Gasteiger partial charge in [0.1, 0.15) is 0 Å². The van der Waals surface area contributed by atoms with Crippen molar-refractivity contribution in [2.75, 3.05) is 0 Å². The minimum atomic E-state index is 0.692. The molecule has 14 heavy (non-hydrogen) atoms. The normalized spacial score (nSPS) is 10.1. The molecule has 0 heterocycles. The predicted molar refractivity (Wildman–Crippen MR) is 60.7 cm³/mol. The van der Waals surface area contributed by atoms with Gasteiger partial charge in [0.25, 0.3) is 0 Å². The van der Waals surface area contributed by atoms with Crippen LogP contribution in [0.5, 0.6) is 0 Å². The fourth-order valence-electron chi connectivity index (χ4n) is 1.30. The number of halogens is 2. The number of benzene rings is 2. The third-order valence-electron chi connectivity index (χ3n) is 1.97. The Bertz CT molecular complexity index is 406. The zero-order valence-electron chi connectivity index (χ0n) is 7.30. The lowest BCUT2D eigenvalue weighted by Gasteiger charge is -2.05. The van der Waals surface area contributed by atoms with Crippen molar-refractivity contribution in [3.63, 3.8) is 0 Å². The van der Waals surface area contributed by atoms with Gasteiger partial charge in [0.2, 0.25) is 0 Å². The van der Waals surface area contributed by atoms with E-state index in [1.807, 2.05) is 30.3 Å². The van der Waals surface area contributed by atoms with Crippen LogP contribution < -0.4 is 0 Å². The maximum atomic E-state index is 6.06. The van der Waals surface area contributed by atoms with Crippen molar-refractivity contribution < 1.29 is 0 Å². The first-order valence-electron chi connectivity index (χ1n) is 4.19. The van der Waals surface area contributed by atoms with Gasteiger partial charge in [-0.25, -0.2) is 0 Å². The summed E-state index contributed by atoms with van der Waals surface area (Å²) in [5.74, 6) is 0. The highest BCUT2D eigenvalue weighted by Crippen LogP contribution is 2.32. The molecule has 0 saturated carbocycles. The second-order valence-corrected chi connectivity index (χ2v) is 3.70. The van der Waals surface area contributed by atoms with Crippen LogP contribution in [0.3, 0.4) is 0 Å². The summed E-state index contributed by atoms with van der Waals surface area (Å²) in [6.07, 6.45) is 0. The highest BCUT2D eigenvalue weighted by atomic mass is 35.5. The average molecular weight is 222 g/mol. The third-order valence-corrected chi connectivity index (χ3v) is 2.63. The van der Waals surface area contributed by atoms with Gasteiger partial charge >= 0.3 is 0 Å². The molecule has 69 valence electrons. The Morgan fingerprint density at radius 3 is 2.29 bits per heavy atom. The summed E-state index contributed by atoms with van der Waals surface area (Å²) in [4.78, 5) is 0. The van der Waals surface area contributed by atoms with E-state index in [0.29, 0.717) is 10.0 Å². The zero-order chi connectivity index (χ0) is 9.97. The molecule has 0 spiro atoms. The van der Waals surface area contributed by atoms with E-state index in [1.165, 1.54) is 0 Å². The molecule has 0 bridgehead atoms. The van der Waals surface area contributed by atoms with E-state index in [9.17, 15) is 0 Å². The lowest BCUT2D eigenvalue weighted by molar-refractivity contribution is 1.61. The maximum Gasteiger partial charge on any atom is 0.0485 e. The van der Waals surface area contributed by atoms with Crippen molar-refractivity contribution in [1.29, 1.82) is 0 Å². The van der Waals surface area contributed by atoms with Crippen molar-refractivity contribution in [2.45, 2.75) is 0 Å². The van der Waals surface area contributed by atoms with Crippen LogP contribution in [0.2, 0.25) is 10.0 Å². The second kappa shape index (κ2) is 4.04. The van der Waals surface area contributed by atoms with Gasteiger partial charge in [-0.2, -0.15) is 0 Å². The SMILES string of the molecule is Clc1cc[c]cc1-c1ccccc1Cl. The standard InChI is InChI=1S/C12H7Cl2/c13-11-7-3-1-5-9(11)10-6-2-4-8-12(10)14/h1,3-8H. The first-order chi connectivity index (χ1) is 6.79. The van der Waals surface area contributed by atoms with Crippen LogP contribution in [-0.4, -0.2) is 0 Å². The molecule has 2 aromatic carbocycles. The molecule has 0 aliphatic rings. The quantitative estimate of drug-likeness (QED) is 0.668. The number of hydrogen-bond donors (Lipinski definition) is 0. The van der Waals surface area contributed by atoms with Crippen molar-refractivity contribution >= 4 is 23.2 Å². The van der Waals surface area contributed by atoms with Gasteiger partial charge in [-0.1, -0.05) is 47.5 Å². The first-order valence-corrected chi connectivity index (χ1v) is 4.95. The molecular weight excluding hydrogens is 215 g/mol. The lowest BCUT2D eigenvalue weighted by atomic mass is 10.1. The summed E-state index contributed by atoms with van der Waals surface area (Å²) in [5, 5.41) is 1.39. The molecule has 0 nitrogen and oxygen atoms in total. The van der Waals surface area contributed by atoms with Crippen LogP contribution in [0.4, 0.5) is 0 Å². The highest BCUT2D eigenvalue weighted by molar-refractivity contribution is 6.36. The van der Waals surface area contributed by atoms with Crippen LogP contribution in [0.25, 0.3) is 11.1 Å². The molecule has 1 radical (unpaired) electrons. The molecule has 0 N–H and O–H groups in total. The van der Waals surface area contributed by atoms with Crippen LogP contribution in [0.15, 0.2) is 42.5 Å². The fraction of sp³-hybridized carbons (Fsp3) is 0. The molecule has 2 aromatic rings. The van der Waals surface area contributed by atoms with E-state index in [1.54, 1.807) is 12.1 Å². The van der Waals surface area contributed by atoms with E-state index in [4.69, 9.17) is 23.2 Å². The molecule has 2 rings (SSSR count). The molecule has 0 atom stereocenters. The van der Waals surface area contributed by atoms with E-state index in [0.717, 1.165) is 11.1 Å². The van der Waals surface area contributed by atoms with Crippen molar-refractivity contribution in [1.82, 2.24) is 0 Å².